The lowest BCUT2D eigenvalue weighted by Gasteiger charge is -2.25. The van der Waals surface area contributed by atoms with Crippen LogP contribution in [0.25, 0.3) is 11.1 Å². The Balaban J connectivity index is 1.39. The van der Waals surface area contributed by atoms with Gasteiger partial charge in [-0.05, 0) is 30.2 Å². The summed E-state index contributed by atoms with van der Waals surface area (Å²) in [5.41, 5.74) is 2.83. The van der Waals surface area contributed by atoms with Crippen molar-refractivity contribution >= 4 is 28.8 Å². The van der Waals surface area contributed by atoms with E-state index in [9.17, 15) is 4.79 Å². The maximum Gasteiger partial charge on any atom is 0.220 e. The van der Waals surface area contributed by atoms with Gasteiger partial charge >= 0.3 is 0 Å². The second-order valence-corrected chi connectivity index (χ2v) is 7.01. The van der Waals surface area contributed by atoms with Crippen molar-refractivity contribution in [2.45, 2.75) is 30.2 Å². The molecule has 1 atom stereocenters. The molecule has 3 aromatic rings. The monoisotopic (exact) mass is 338 g/mol. The fraction of sp³-hybridized carbons (Fsp3) is 0.263. The first-order valence-corrected chi connectivity index (χ1v) is 9.14. The maximum atomic E-state index is 12.3. The van der Waals surface area contributed by atoms with Crippen LogP contribution in [-0.4, -0.2) is 16.6 Å². The van der Waals surface area contributed by atoms with Crippen molar-refractivity contribution < 1.29 is 9.21 Å². The second-order valence-electron chi connectivity index (χ2n) is 5.87. The van der Waals surface area contributed by atoms with Crippen LogP contribution in [0.1, 0.15) is 30.3 Å². The zero-order valence-electron chi connectivity index (χ0n) is 13.2. The normalized spacial score (nSPS) is 16.8. The first-order chi connectivity index (χ1) is 11.8. The van der Waals surface area contributed by atoms with E-state index in [1.807, 2.05) is 48.2 Å². The zero-order valence-corrected chi connectivity index (χ0v) is 14.0. The third-order valence-electron chi connectivity index (χ3n) is 4.20. The Morgan fingerprint density at radius 2 is 2.04 bits per heavy atom. The van der Waals surface area contributed by atoms with E-state index in [0.29, 0.717) is 18.7 Å². The van der Waals surface area contributed by atoms with Crippen LogP contribution in [0.3, 0.4) is 0 Å². The smallest absolute Gasteiger partial charge is 0.220 e. The Bertz CT molecular complexity index is 841. The summed E-state index contributed by atoms with van der Waals surface area (Å²) in [5.74, 6) is 1.70. The van der Waals surface area contributed by atoms with Gasteiger partial charge in [0.1, 0.15) is 5.52 Å². The molecule has 122 valence electrons. The number of oxazole rings is 1. The number of aryl methyl sites for hydroxylation is 1. The molecule has 1 aliphatic heterocycles. The molecule has 2 aromatic carbocycles. The van der Waals surface area contributed by atoms with Crippen LogP contribution >= 0.6 is 11.8 Å². The molecule has 0 aliphatic carbocycles. The molecule has 0 bridgehead atoms. The van der Waals surface area contributed by atoms with E-state index in [1.165, 1.54) is 10.5 Å². The zero-order chi connectivity index (χ0) is 16.4. The Labute approximate surface area is 144 Å². The number of benzene rings is 2. The number of para-hydroxylation sites is 2. The molecule has 0 radical (unpaired) electrons. The van der Waals surface area contributed by atoms with Crippen LogP contribution in [0.5, 0.6) is 0 Å². The predicted octanol–water partition coefficient (Wildman–Crippen LogP) is 4.11. The highest BCUT2D eigenvalue weighted by Crippen LogP contribution is 2.35. The van der Waals surface area contributed by atoms with Crippen LogP contribution in [0.15, 0.2) is 57.8 Å². The highest BCUT2D eigenvalue weighted by molar-refractivity contribution is 7.99. The van der Waals surface area contributed by atoms with Gasteiger partial charge in [-0.25, -0.2) is 4.98 Å². The first kappa shape index (κ1) is 15.3. The summed E-state index contributed by atoms with van der Waals surface area (Å²) in [6, 6.07) is 16.1. The average Bonchev–Trinajstić information content (AvgIpc) is 3.03. The molecule has 0 unspecified atom stereocenters. The number of rotatable bonds is 4. The molecule has 24 heavy (non-hydrogen) atoms. The largest absolute Gasteiger partial charge is 0.441 e. The summed E-state index contributed by atoms with van der Waals surface area (Å²) in [7, 11) is 0. The Morgan fingerprint density at radius 3 is 2.96 bits per heavy atom. The SMILES string of the molecule is O=C(CCc1nc2ccccc2o1)N[C@H]1CCSc2ccccc21. The van der Waals surface area contributed by atoms with Gasteiger partial charge < -0.3 is 9.73 Å². The minimum Gasteiger partial charge on any atom is -0.441 e. The molecule has 2 heterocycles. The van der Waals surface area contributed by atoms with Crippen molar-refractivity contribution in [1.82, 2.24) is 10.3 Å². The minimum absolute atomic E-state index is 0.0453. The average molecular weight is 338 g/mol. The number of amides is 1. The summed E-state index contributed by atoms with van der Waals surface area (Å²) >= 11 is 1.86. The highest BCUT2D eigenvalue weighted by Gasteiger charge is 2.21. The van der Waals surface area contributed by atoms with E-state index in [-0.39, 0.29) is 11.9 Å². The molecule has 0 saturated heterocycles. The minimum atomic E-state index is 0.0453. The molecular weight excluding hydrogens is 320 g/mol. The number of aromatic nitrogens is 1. The number of nitrogens with one attached hydrogen (secondary N) is 1. The Kier molecular flexibility index (Phi) is 4.26. The number of hydrogen-bond donors (Lipinski definition) is 1. The molecule has 0 spiro atoms. The summed E-state index contributed by atoms with van der Waals surface area (Å²) in [5, 5.41) is 3.16. The van der Waals surface area contributed by atoms with Gasteiger partial charge in [0.25, 0.3) is 0 Å². The van der Waals surface area contributed by atoms with Crippen molar-refractivity contribution in [3.63, 3.8) is 0 Å². The Morgan fingerprint density at radius 1 is 1.21 bits per heavy atom. The van der Waals surface area contributed by atoms with Gasteiger partial charge in [0, 0.05) is 23.5 Å². The lowest BCUT2D eigenvalue weighted by Crippen LogP contribution is -2.30. The van der Waals surface area contributed by atoms with Crippen molar-refractivity contribution in [3.8, 4) is 0 Å². The molecule has 1 amide bonds. The summed E-state index contributed by atoms with van der Waals surface area (Å²) in [6.07, 6.45) is 1.87. The predicted molar refractivity (Wildman–Crippen MR) is 95.0 cm³/mol. The van der Waals surface area contributed by atoms with E-state index >= 15 is 0 Å². The van der Waals surface area contributed by atoms with E-state index in [4.69, 9.17) is 4.42 Å². The number of fused-ring (bicyclic) bond motifs is 2. The van der Waals surface area contributed by atoms with Gasteiger partial charge in [0.2, 0.25) is 5.91 Å². The van der Waals surface area contributed by atoms with Crippen LogP contribution < -0.4 is 5.32 Å². The van der Waals surface area contributed by atoms with Crippen LogP contribution in [0.4, 0.5) is 0 Å². The molecule has 4 rings (SSSR count). The fourth-order valence-corrected chi connectivity index (χ4v) is 4.13. The van der Waals surface area contributed by atoms with E-state index in [1.54, 1.807) is 0 Å². The van der Waals surface area contributed by atoms with Gasteiger partial charge in [-0.15, -0.1) is 11.8 Å². The van der Waals surface area contributed by atoms with Crippen molar-refractivity contribution in [2.75, 3.05) is 5.75 Å². The molecule has 0 fully saturated rings. The second kappa shape index (κ2) is 6.69. The van der Waals surface area contributed by atoms with Crippen LogP contribution in [0.2, 0.25) is 0 Å². The third-order valence-corrected chi connectivity index (χ3v) is 5.32. The topological polar surface area (TPSA) is 55.1 Å². The summed E-state index contributed by atoms with van der Waals surface area (Å²) < 4.78 is 5.67. The van der Waals surface area contributed by atoms with E-state index in [2.05, 4.69) is 22.4 Å². The number of hydrogen-bond acceptors (Lipinski definition) is 4. The van der Waals surface area contributed by atoms with E-state index < -0.39 is 0 Å². The van der Waals surface area contributed by atoms with Crippen molar-refractivity contribution in [3.05, 3.63) is 60.0 Å². The van der Waals surface area contributed by atoms with Crippen LogP contribution in [-0.2, 0) is 11.2 Å². The van der Waals surface area contributed by atoms with Gasteiger partial charge in [-0.3, -0.25) is 4.79 Å². The highest BCUT2D eigenvalue weighted by atomic mass is 32.2. The molecule has 0 saturated carbocycles. The number of carbonyl (C=O) groups is 1. The molecule has 1 aliphatic rings. The molecular formula is C19H18N2O2S. The molecule has 4 nitrogen and oxygen atoms in total. The lowest BCUT2D eigenvalue weighted by molar-refractivity contribution is -0.121. The lowest BCUT2D eigenvalue weighted by atomic mass is 10.0. The van der Waals surface area contributed by atoms with Gasteiger partial charge in [-0.2, -0.15) is 0 Å². The van der Waals surface area contributed by atoms with Crippen molar-refractivity contribution in [2.24, 2.45) is 0 Å². The third kappa shape index (κ3) is 3.17. The fourth-order valence-electron chi connectivity index (χ4n) is 3.01. The molecule has 1 aromatic heterocycles. The first-order valence-electron chi connectivity index (χ1n) is 8.15. The number of nitrogens with zero attached hydrogens (tertiary/aromatic N) is 1. The standard InChI is InChI=1S/C19H18N2O2S/c22-18(9-10-19-21-15-6-2-3-7-16(15)23-19)20-14-11-12-24-17-8-4-1-5-13(14)17/h1-8,14H,9-12H2,(H,20,22)/t14-/m0/s1. The molecule has 1 N–H and O–H groups in total. The van der Waals surface area contributed by atoms with Crippen LogP contribution in [0, 0.1) is 0 Å². The number of carbonyl (C=O) groups excluding carboxylic acids is 1. The summed E-state index contributed by atoms with van der Waals surface area (Å²) in [4.78, 5) is 18.0. The van der Waals surface area contributed by atoms with E-state index in [0.717, 1.165) is 23.3 Å². The van der Waals surface area contributed by atoms with Gasteiger partial charge in [0.15, 0.2) is 11.5 Å². The Hall–Kier alpha value is -2.27. The number of thioether (sulfide) groups is 1. The quantitative estimate of drug-likeness (QED) is 0.778. The maximum absolute atomic E-state index is 12.3. The van der Waals surface area contributed by atoms with Gasteiger partial charge in [-0.1, -0.05) is 30.3 Å². The van der Waals surface area contributed by atoms with Gasteiger partial charge in [0.05, 0.1) is 6.04 Å². The summed E-state index contributed by atoms with van der Waals surface area (Å²) in [6.45, 7) is 0. The van der Waals surface area contributed by atoms with Crippen molar-refractivity contribution in [1.29, 1.82) is 0 Å². The molecule has 5 heteroatoms.